The first-order chi connectivity index (χ1) is 10.1. The van der Waals surface area contributed by atoms with E-state index >= 15 is 0 Å². The van der Waals surface area contributed by atoms with Gasteiger partial charge in [0.2, 0.25) is 0 Å². The fourth-order valence-electron chi connectivity index (χ4n) is 2.37. The third-order valence-electron chi connectivity index (χ3n) is 3.59. The van der Waals surface area contributed by atoms with Gasteiger partial charge in [-0.15, -0.1) is 0 Å². The number of aliphatic carboxylic acids is 1. The lowest BCUT2D eigenvalue weighted by atomic mass is 10.0. The maximum absolute atomic E-state index is 11.1. The number of carbonyl (C=O) groups excluding carboxylic acids is 1. The second kappa shape index (κ2) is 13.9. The summed E-state index contributed by atoms with van der Waals surface area (Å²) < 4.78 is 5.02. The maximum Gasteiger partial charge on any atom is 0.317 e. The molecule has 4 nitrogen and oxygen atoms in total. The summed E-state index contributed by atoms with van der Waals surface area (Å²) in [4.78, 5) is 21.5. The summed E-state index contributed by atoms with van der Waals surface area (Å²) >= 11 is 0. The van der Waals surface area contributed by atoms with E-state index in [9.17, 15) is 9.59 Å². The highest BCUT2D eigenvalue weighted by Gasteiger charge is 2.12. The molecule has 0 saturated carbocycles. The number of carboxylic acids is 1. The van der Waals surface area contributed by atoms with Crippen LogP contribution in [0.2, 0.25) is 0 Å². The van der Waals surface area contributed by atoms with Crippen LogP contribution in [-0.2, 0) is 14.3 Å². The van der Waals surface area contributed by atoms with E-state index in [1.165, 1.54) is 51.4 Å². The predicted octanol–water partition coefficient (Wildman–Crippen LogP) is 4.70. The number of hydrogen-bond donors (Lipinski definition) is 1. The van der Waals surface area contributed by atoms with Gasteiger partial charge in [-0.05, 0) is 19.8 Å². The van der Waals surface area contributed by atoms with Crippen molar-refractivity contribution in [1.82, 2.24) is 0 Å². The highest BCUT2D eigenvalue weighted by atomic mass is 16.5. The monoisotopic (exact) mass is 300 g/mol. The minimum absolute atomic E-state index is 0.175. The molecule has 0 heterocycles. The molecular weight excluding hydrogens is 268 g/mol. The molecule has 0 aliphatic carbocycles. The van der Waals surface area contributed by atoms with Gasteiger partial charge in [-0.3, -0.25) is 9.59 Å². The van der Waals surface area contributed by atoms with Gasteiger partial charge in [0, 0.05) is 0 Å². The van der Waals surface area contributed by atoms with Gasteiger partial charge in [0.1, 0.15) is 6.42 Å². The Morgan fingerprint density at radius 1 is 0.905 bits per heavy atom. The zero-order chi connectivity index (χ0) is 15.9. The van der Waals surface area contributed by atoms with Crippen LogP contribution in [0.25, 0.3) is 0 Å². The van der Waals surface area contributed by atoms with E-state index in [1.54, 1.807) is 0 Å². The number of carboxylic acid groups (broad SMARTS) is 1. The second-order valence-corrected chi connectivity index (χ2v) is 5.84. The SMILES string of the molecule is CCCCCCCCCCCCC(C)OC(=O)CC(=O)O. The molecule has 4 heteroatoms. The Labute approximate surface area is 129 Å². The summed E-state index contributed by atoms with van der Waals surface area (Å²) in [5.41, 5.74) is 0. The topological polar surface area (TPSA) is 63.6 Å². The van der Waals surface area contributed by atoms with Crippen molar-refractivity contribution in [3.8, 4) is 0 Å². The van der Waals surface area contributed by atoms with Crippen LogP contribution in [0.3, 0.4) is 0 Å². The van der Waals surface area contributed by atoms with Crippen LogP contribution >= 0.6 is 0 Å². The van der Waals surface area contributed by atoms with Gasteiger partial charge in [-0.2, -0.15) is 0 Å². The Balaban J connectivity index is 3.30. The highest BCUT2D eigenvalue weighted by molar-refractivity contribution is 5.90. The molecule has 0 amide bonds. The summed E-state index contributed by atoms with van der Waals surface area (Å²) in [6.45, 7) is 4.06. The summed E-state index contributed by atoms with van der Waals surface area (Å²) in [6.07, 6.45) is 12.9. The van der Waals surface area contributed by atoms with Crippen LogP contribution < -0.4 is 0 Å². The summed E-state index contributed by atoms with van der Waals surface area (Å²) in [5, 5.41) is 8.46. The van der Waals surface area contributed by atoms with Crippen LogP contribution in [0.1, 0.15) is 90.9 Å². The van der Waals surface area contributed by atoms with Crippen LogP contribution in [-0.4, -0.2) is 23.1 Å². The van der Waals surface area contributed by atoms with Crippen LogP contribution in [0.5, 0.6) is 0 Å². The van der Waals surface area contributed by atoms with Gasteiger partial charge in [-0.1, -0.05) is 64.7 Å². The molecule has 0 aromatic carbocycles. The average molecular weight is 300 g/mol. The number of unbranched alkanes of at least 4 members (excludes halogenated alkanes) is 9. The number of ether oxygens (including phenoxy) is 1. The minimum Gasteiger partial charge on any atom is -0.481 e. The molecule has 1 unspecified atom stereocenters. The Kier molecular flexibility index (Phi) is 13.2. The average Bonchev–Trinajstić information content (AvgIpc) is 2.39. The van der Waals surface area contributed by atoms with Gasteiger partial charge in [-0.25, -0.2) is 0 Å². The van der Waals surface area contributed by atoms with E-state index in [0.717, 1.165) is 19.3 Å². The smallest absolute Gasteiger partial charge is 0.317 e. The number of hydrogen-bond acceptors (Lipinski definition) is 3. The van der Waals surface area contributed by atoms with Gasteiger partial charge < -0.3 is 9.84 Å². The standard InChI is InChI=1S/C17H32O4/c1-3-4-5-6-7-8-9-10-11-12-13-15(2)21-17(20)14-16(18)19/h15H,3-14H2,1-2H3,(H,18,19). The Hall–Kier alpha value is -1.06. The van der Waals surface area contributed by atoms with Gasteiger partial charge in [0.25, 0.3) is 0 Å². The lowest BCUT2D eigenvalue weighted by molar-refractivity contribution is -0.154. The highest BCUT2D eigenvalue weighted by Crippen LogP contribution is 2.13. The molecule has 0 aromatic heterocycles. The first-order valence-electron chi connectivity index (χ1n) is 8.47. The van der Waals surface area contributed by atoms with E-state index in [-0.39, 0.29) is 6.10 Å². The van der Waals surface area contributed by atoms with Crippen molar-refractivity contribution >= 4 is 11.9 Å². The van der Waals surface area contributed by atoms with Crippen molar-refractivity contribution in [2.75, 3.05) is 0 Å². The van der Waals surface area contributed by atoms with E-state index in [1.807, 2.05) is 6.92 Å². The van der Waals surface area contributed by atoms with Crippen molar-refractivity contribution in [3.05, 3.63) is 0 Å². The fourth-order valence-corrected chi connectivity index (χ4v) is 2.37. The molecule has 0 bridgehead atoms. The molecule has 21 heavy (non-hydrogen) atoms. The van der Waals surface area contributed by atoms with Gasteiger partial charge in [0.05, 0.1) is 6.10 Å². The van der Waals surface area contributed by atoms with Crippen LogP contribution in [0, 0.1) is 0 Å². The molecule has 124 valence electrons. The lowest BCUT2D eigenvalue weighted by Gasteiger charge is -2.12. The van der Waals surface area contributed by atoms with E-state index < -0.39 is 18.4 Å². The largest absolute Gasteiger partial charge is 0.481 e. The summed E-state index contributed by atoms with van der Waals surface area (Å²) in [5.74, 6) is -1.77. The first kappa shape index (κ1) is 19.9. The van der Waals surface area contributed by atoms with E-state index in [0.29, 0.717) is 0 Å². The molecule has 1 atom stereocenters. The Bertz CT molecular complexity index is 276. The molecule has 0 fully saturated rings. The molecule has 0 aliphatic rings. The van der Waals surface area contributed by atoms with Crippen molar-refractivity contribution in [2.45, 2.75) is 97.0 Å². The van der Waals surface area contributed by atoms with Gasteiger partial charge >= 0.3 is 11.9 Å². The number of rotatable bonds is 14. The first-order valence-corrected chi connectivity index (χ1v) is 8.47. The lowest BCUT2D eigenvalue weighted by Crippen LogP contribution is -2.17. The quantitative estimate of drug-likeness (QED) is 0.287. The molecule has 1 N–H and O–H groups in total. The van der Waals surface area contributed by atoms with E-state index in [4.69, 9.17) is 9.84 Å². The fraction of sp³-hybridized carbons (Fsp3) is 0.882. The molecule has 0 aliphatic heterocycles. The third kappa shape index (κ3) is 15.2. The molecular formula is C17H32O4. The molecule has 0 radical (unpaired) electrons. The number of carbonyl (C=O) groups is 2. The minimum atomic E-state index is -1.13. The van der Waals surface area contributed by atoms with E-state index in [2.05, 4.69) is 6.92 Å². The zero-order valence-electron chi connectivity index (χ0n) is 13.7. The van der Waals surface area contributed by atoms with Crippen molar-refractivity contribution in [3.63, 3.8) is 0 Å². The third-order valence-corrected chi connectivity index (χ3v) is 3.59. The summed E-state index contributed by atoms with van der Waals surface area (Å²) in [7, 11) is 0. The Morgan fingerprint density at radius 3 is 1.86 bits per heavy atom. The zero-order valence-corrected chi connectivity index (χ0v) is 13.7. The van der Waals surface area contributed by atoms with Crippen molar-refractivity contribution < 1.29 is 19.4 Å². The molecule has 0 aromatic rings. The van der Waals surface area contributed by atoms with Crippen LogP contribution in [0.4, 0.5) is 0 Å². The normalized spacial score (nSPS) is 12.1. The molecule has 0 rings (SSSR count). The molecule has 0 saturated heterocycles. The van der Waals surface area contributed by atoms with Crippen molar-refractivity contribution in [2.24, 2.45) is 0 Å². The van der Waals surface area contributed by atoms with Gasteiger partial charge in [0.15, 0.2) is 0 Å². The molecule has 0 spiro atoms. The second-order valence-electron chi connectivity index (χ2n) is 5.84. The van der Waals surface area contributed by atoms with Crippen LogP contribution in [0.15, 0.2) is 0 Å². The maximum atomic E-state index is 11.1. The predicted molar refractivity (Wildman–Crippen MR) is 84.3 cm³/mol. The Morgan fingerprint density at radius 2 is 1.38 bits per heavy atom. The number of esters is 1. The summed E-state index contributed by atoms with van der Waals surface area (Å²) in [6, 6.07) is 0. The van der Waals surface area contributed by atoms with Crippen molar-refractivity contribution in [1.29, 1.82) is 0 Å².